The van der Waals surface area contributed by atoms with E-state index in [-0.39, 0.29) is 12.8 Å². The molecule has 0 aliphatic carbocycles. The highest BCUT2D eigenvalue weighted by Crippen LogP contribution is 2.34. The quantitative estimate of drug-likeness (QED) is 0.193. The Morgan fingerprint density at radius 1 is 1.12 bits per heavy atom. The number of rotatable bonds is 9. The molecule has 0 heterocycles. The smallest absolute Gasteiger partial charge is 0.350 e. The van der Waals surface area contributed by atoms with Gasteiger partial charge in [-0.25, -0.2) is 4.39 Å². The fraction of sp³-hybridized carbons (Fsp3) is 0.500. The van der Waals surface area contributed by atoms with Crippen LogP contribution in [0, 0.1) is 0 Å². The predicted molar refractivity (Wildman–Crippen MR) is 92.1 cm³/mol. The second-order valence-electron chi connectivity index (χ2n) is 6.36. The summed E-state index contributed by atoms with van der Waals surface area (Å²) in [5.41, 5.74) is 0.747. The molecule has 0 saturated heterocycles. The summed E-state index contributed by atoms with van der Waals surface area (Å²) in [5.74, 6) is -1.86. The third-order valence-electron chi connectivity index (χ3n) is 3.02. The van der Waals surface area contributed by atoms with Gasteiger partial charge in [-0.2, -0.15) is 17.6 Å². The van der Waals surface area contributed by atoms with E-state index in [1.807, 2.05) is 0 Å². The van der Waals surface area contributed by atoms with Crippen LogP contribution in [0.25, 0.3) is 0 Å². The summed E-state index contributed by atoms with van der Waals surface area (Å²) in [5, 5.41) is 0. The first-order valence-electron chi connectivity index (χ1n) is 7.54. The van der Waals surface area contributed by atoms with Crippen molar-refractivity contribution in [1.29, 1.82) is 0 Å². The van der Waals surface area contributed by atoms with Crippen molar-refractivity contribution in [3.63, 3.8) is 0 Å². The number of aryl methyl sites for hydroxylation is 1. The largest absolute Gasteiger partial charge is 0.388 e. The van der Waals surface area contributed by atoms with Gasteiger partial charge in [-0.05, 0) is 54.0 Å². The molecule has 2 nitrogen and oxygen atoms in total. The molecule has 0 radical (unpaired) electrons. The lowest BCUT2D eigenvalue weighted by atomic mass is 10.1. The number of alkyl halides is 3. The van der Waals surface area contributed by atoms with Crippen LogP contribution < -0.4 is 0 Å². The normalized spacial score (nSPS) is 14.9. The molecule has 9 heteroatoms. The predicted octanol–water partition coefficient (Wildman–Crippen LogP) is 6.25. The van der Waals surface area contributed by atoms with E-state index < -0.39 is 37.5 Å². The second-order valence-corrected chi connectivity index (χ2v) is 11.9. The highest BCUT2D eigenvalue weighted by atomic mass is 79.9. The van der Waals surface area contributed by atoms with E-state index >= 15 is 0 Å². The van der Waals surface area contributed by atoms with E-state index in [0.29, 0.717) is 0 Å². The van der Waals surface area contributed by atoms with Crippen LogP contribution in [0.4, 0.5) is 22.0 Å². The molecule has 1 rings (SSSR count). The van der Waals surface area contributed by atoms with Crippen LogP contribution in [-0.4, -0.2) is 25.5 Å². The highest BCUT2D eigenvalue weighted by molar-refractivity contribution is 9.10. The van der Waals surface area contributed by atoms with E-state index in [1.54, 1.807) is 50.0 Å². The van der Waals surface area contributed by atoms with E-state index in [1.165, 1.54) is 0 Å². The van der Waals surface area contributed by atoms with Gasteiger partial charge in [-0.15, -0.1) is 0 Å². The first-order chi connectivity index (χ1) is 11.4. The summed E-state index contributed by atoms with van der Waals surface area (Å²) in [6, 6.07) is 8.68. The lowest BCUT2D eigenvalue weighted by Gasteiger charge is -2.31. The molecule has 0 aliphatic rings. The first-order valence-corrected chi connectivity index (χ1v) is 11.7. The Hall–Kier alpha value is -0.773. The minimum atomic E-state index is -3.65. The molecule has 0 aromatic heterocycles. The fourth-order valence-corrected chi connectivity index (χ4v) is 3.18. The molecule has 142 valence electrons. The Morgan fingerprint density at radius 2 is 1.68 bits per heavy atom. The summed E-state index contributed by atoms with van der Waals surface area (Å²) >= 11 is 2.12. The van der Waals surface area contributed by atoms with Gasteiger partial charge in [-0.3, -0.25) is 0 Å². The Balaban J connectivity index is 2.95. The molecule has 1 aromatic carbocycles. The van der Waals surface area contributed by atoms with Crippen molar-refractivity contribution in [2.24, 2.45) is 0 Å². The van der Waals surface area contributed by atoms with Gasteiger partial charge in [0.15, 0.2) is 14.1 Å². The van der Waals surface area contributed by atoms with Crippen molar-refractivity contribution >= 4 is 24.2 Å². The van der Waals surface area contributed by atoms with Gasteiger partial charge in [0.2, 0.25) is 6.29 Å². The molecule has 0 amide bonds. The van der Waals surface area contributed by atoms with Crippen molar-refractivity contribution in [2.75, 3.05) is 0 Å². The number of halogens is 6. The molecule has 2 atom stereocenters. The van der Waals surface area contributed by atoms with E-state index in [0.717, 1.165) is 5.56 Å². The average Bonchev–Trinajstić information content (AvgIpc) is 2.48. The van der Waals surface area contributed by atoms with Gasteiger partial charge < -0.3 is 9.16 Å². The maximum absolute atomic E-state index is 13.8. The zero-order valence-corrected chi connectivity index (χ0v) is 16.6. The maximum Gasteiger partial charge on any atom is 0.350 e. The highest BCUT2D eigenvalue weighted by Gasteiger charge is 2.43. The number of benzene rings is 1. The topological polar surface area (TPSA) is 18.5 Å². The van der Waals surface area contributed by atoms with Crippen LogP contribution in [0.15, 0.2) is 42.2 Å². The molecule has 25 heavy (non-hydrogen) atoms. The van der Waals surface area contributed by atoms with Gasteiger partial charge in [-0.1, -0.05) is 30.3 Å². The fourth-order valence-electron chi connectivity index (χ4n) is 1.96. The van der Waals surface area contributed by atoms with Crippen molar-refractivity contribution in [1.82, 2.24) is 0 Å². The molecular formula is C16H20BrF5O2Si. The number of ether oxygens (including phenoxy) is 1. The second kappa shape index (κ2) is 9.25. The van der Waals surface area contributed by atoms with Gasteiger partial charge in [0.1, 0.15) is 6.10 Å². The molecule has 0 saturated carbocycles. The number of hydrogen-bond donors (Lipinski definition) is 0. The van der Waals surface area contributed by atoms with Crippen molar-refractivity contribution in [2.45, 2.75) is 49.7 Å². The third-order valence-corrected chi connectivity index (χ3v) is 4.31. The summed E-state index contributed by atoms with van der Waals surface area (Å²) in [6.45, 7) is 4.88. The lowest BCUT2D eigenvalue weighted by molar-refractivity contribution is -0.198. The molecule has 0 N–H and O–H groups in total. The minimum Gasteiger partial charge on any atom is -0.388 e. The molecule has 0 aliphatic heterocycles. The van der Waals surface area contributed by atoms with E-state index in [9.17, 15) is 22.0 Å². The summed E-state index contributed by atoms with van der Waals surface area (Å²) in [4.78, 5) is -3.65. The number of hydrogen-bond acceptors (Lipinski definition) is 2. The maximum atomic E-state index is 13.8. The van der Waals surface area contributed by atoms with Crippen molar-refractivity contribution < 1.29 is 31.1 Å². The van der Waals surface area contributed by atoms with Crippen LogP contribution in [0.3, 0.4) is 0 Å². The van der Waals surface area contributed by atoms with Gasteiger partial charge in [0.25, 0.3) is 0 Å². The van der Waals surface area contributed by atoms with E-state index in [2.05, 4.69) is 15.9 Å². The molecule has 1 aromatic rings. The van der Waals surface area contributed by atoms with Crippen LogP contribution >= 0.6 is 15.9 Å². The molecule has 2 unspecified atom stereocenters. The minimum absolute atomic E-state index is 0.180. The average molecular weight is 447 g/mol. The van der Waals surface area contributed by atoms with Crippen LogP contribution in [0.1, 0.15) is 12.0 Å². The van der Waals surface area contributed by atoms with Crippen LogP contribution in [-0.2, 0) is 15.6 Å². The molecule has 0 bridgehead atoms. The van der Waals surface area contributed by atoms with Gasteiger partial charge >= 0.3 is 10.9 Å². The molecule has 0 spiro atoms. The summed E-state index contributed by atoms with van der Waals surface area (Å²) < 4.78 is 76.6. The molecular weight excluding hydrogens is 427 g/mol. The third kappa shape index (κ3) is 8.43. The Bertz CT molecular complexity index is 568. The zero-order valence-electron chi connectivity index (χ0n) is 14.0. The Labute approximate surface area is 153 Å². The SMILES string of the molecule is C[Si](C)(C)OC(OC(CCc1ccccc1)C(F)=C(F)F)C(F)(F)Br. The Morgan fingerprint density at radius 3 is 2.12 bits per heavy atom. The standard InChI is InChI=1S/C16H20BrF5O2Si/c1-25(2,3)24-15(16(17,21)22)23-12(13(18)14(19)20)10-9-11-7-5-4-6-8-11/h4-8,12,15H,9-10H2,1-3H3. The molecule has 0 fully saturated rings. The van der Waals surface area contributed by atoms with Crippen LogP contribution in [0.5, 0.6) is 0 Å². The Kier molecular flexibility index (Phi) is 8.24. The summed E-state index contributed by atoms with van der Waals surface area (Å²) in [7, 11) is -2.51. The van der Waals surface area contributed by atoms with Gasteiger partial charge in [0, 0.05) is 0 Å². The lowest BCUT2D eigenvalue weighted by Crippen LogP contribution is -2.44. The van der Waals surface area contributed by atoms with Crippen molar-refractivity contribution in [3.8, 4) is 0 Å². The zero-order chi connectivity index (χ0) is 19.3. The van der Waals surface area contributed by atoms with Gasteiger partial charge in [0.05, 0.1) is 0 Å². The van der Waals surface area contributed by atoms with Crippen LogP contribution in [0.2, 0.25) is 19.6 Å². The van der Waals surface area contributed by atoms with Crippen molar-refractivity contribution in [3.05, 3.63) is 47.8 Å². The summed E-state index contributed by atoms with van der Waals surface area (Å²) in [6.07, 6.45) is -6.66. The monoisotopic (exact) mass is 446 g/mol. The first kappa shape index (κ1) is 22.3. The van der Waals surface area contributed by atoms with E-state index in [4.69, 9.17) is 9.16 Å².